The van der Waals surface area contributed by atoms with Gasteiger partial charge in [0.2, 0.25) is 3.79 Å². The van der Waals surface area contributed by atoms with Crippen molar-refractivity contribution in [3.63, 3.8) is 0 Å². The second-order valence-electron chi connectivity index (χ2n) is 4.33. The van der Waals surface area contributed by atoms with E-state index in [1.54, 1.807) is 0 Å². The summed E-state index contributed by atoms with van der Waals surface area (Å²) in [6.07, 6.45) is -1.43. The lowest BCUT2D eigenvalue weighted by molar-refractivity contribution is 0.0672. The molecule has 0 spiro atoms. The summed E-state index contributed by atoms with van der Waals surface area (Å²) in [6, 6.07) is 9.50. The van der Waals surface area contributed by atoms with Crippen LogP contribution in [0.3, 0.4) is 0 Å². The van der Waals surface area contributed by atoms with Crippen LogP contribution in [0.5, 0.6) is 0 Å². The molecule has 1 aromatic rings. The lowest BCUT2D eigenvalue weighted by Crippen LogP contribution is -2.42. The number of nitrogens with zero attached hydrogens (tertiary/aromatic N) is 2. The Labute approximate surface area is 132 Å². The Morgan fingerprint density at radius 2 is 1.80 bits per heavy atom. The number of hydrogen-bond acceptors (Lipinski definition) is 3. The van der Waals surface area contributed by atoms with E-state index < -0.39 is 10.0 Å². The van der Waals surface area contributed by atoms with Crippen LogP contribution in [0.15, 0.2) is 35.3 Å². The highest BCUT2D eigenvalue weighted by Crippen LogP contribution is 2.31. The van der Waals surface area contributed by atoms with Crippen LogP contribution in [0.1, 0.15) is 5.56 Å². The van der Waals surface area contributed by atoms with E-state index in [-0.39, 0.29) is 0 Å². The zero-order chi connectivity index (χ0) is 14.6. The van der Waals surface area contributed by atoms with Gasteiger partial charge < -0.3 is 14.7 Å². The Kier molecular flexibility index (Phi) is 5.52. The number of aliphatic imine (C=N–C) groups is 1. The second-order valence-corrected chi connectivity index (χ2v) is 6.70. The van der Waals surface area contributed by atoms with Crippen molar-refractivity contribution in [2.75, 3.05) is 26.3 Å². The number of halogens is 3. The van der Waals surface area contributed by atoms with E-state index >= 15 is 0 Å². The smallest absolute Gasteiger partial charge is 0.236 e. The number of ether oxygens (including phenoxy) is 1. The van der Waals surface area contributed by atoms with Gasteiger partial charge in [-0.3, -0.25) is 0 Å². The molecule has 1 saturated heterocycles. The van der Waals surface area contributed by atoms with Crippen LogP contribution in [0, 0.1) is 0 Å². The van der Waals surface area contributed by atoms with Gasteiger partial charge in [-0.2, -0.15) is 0 Å². The van der Waals surface area contributed by atoms with Crippen LogP contribution in [0.25, 0.3) is 0 Å². The Morgan fingerprint density at radius 3 is 2.35 bits per heavy atom. The van der Waals surface area contributed by atoms with Gasteiger partial charge in [-0.25, -0.2) is 4.99 Å². The van der Waals surface area contributed by atoms with E-state index in [0.717, 1.165) is 5.56 Å². The van der Waals surface area contributed by atoms with E-state index in [2.05, 4.69) is 4.99 Å². The van der Waals surface area contributed by atoms with Gasteiger partial charge >= 0.3 is 0 Å². The first-order valence-electron chi connectivity index (χ1n) is 6.19. The molecule has 0 aliphatic carbocycles. The third kappa shape index (κ3) is 4.24. The number of hydrogen-bond donors (Lipinski definition) is 1. The van der Waals surface area contributed by atoms with Gasteiger partial charge in [0.05, 0.1) is 13.2 Å². The standard InChI is InChI=1S/C13H15Cl3N2O2/c14-13(15,16)12(19)17-11(10-4-2-1-3-5-10)18-6-8-20-9-7-18/h1-5,12,19H,6-9H2/b17-11-. The molecule has 1 aliphatic heterocycles. The summed E-state index contributed by atoms with van der Waals surface area (Å²) in [4.78, 5) is 6.20. The zero-order valence-electron chi connectivity index (χ0n) is 10.7. The maximum Gasteiger partial charge on any atom is 0.236 e. The van der Waals surface area contributed by atoms with Gasteiger partial charge in [0.15, 0.2) is 6.23 Å². The normalized spacial score (nSPS) is 19.0. The summed E-state index contributed by atoms with van der Waals surface area (Å²) in [5.74, 6) is 0.604. The van der Waals surface area contributed by atoms with Crippen LogP contribution in [0.2, 0.25) is 0 Å². The van der Waals surface area contributed by atoms with Crippen molar-refractivity contribution in [2.24, 2.45) is 4.99 Å². The molecule has 0 aromatic heterocycles. The first-order chi connectivity index (χ1) is 9.48. The summed E-state index contributed by atoms with van der Waals surface area (Å²) in [5.41, 5.74) is 0.864. The fraction of sp³-hybridized carbons (Fsp3) is 0.462. The number of benzene rings is 1. The van der Waals surface area contributed by atoms with E-state index in [4.69, 9.17) is 39.5 Å². The molecule has 4 nitrogen and oxygen atoms in total. The molecule has 0 bridgehead atoms. The Bertz CT molecular complexity index is 456. The molecule has 1 fully saturated rings. The van der Waals surface area contributed by atoms with Gasteiger partial charge in [0.25, 0.3) is 0 Å². The predicted molar refractivity (Wildman–Crippen MR) is 81.7 cm³/mol. The van der Waals surface area contributed by atoms with Crippen molar-refractivity contribution >= 4 is 40.6 Å². The van der Waals surface area contributed by atoms with Crippen LogP contribution in [-0.2, 0) is 4.74 Å². The predicted octanol–water partition coefficient (Wildman–Crippen LogP) is 2.45. The summed E-state index contributed by atoms with van der Waals surface area (Å²) in [7, 11) is 0. The third-order valence-electron chi connectivity index (χ3n) is 2.88. The first-order valence-corrected chi connectivity index (χ1v) is 7.32. The highest BCUT2D eigenvalue weighted by molar-refractivity contribution is 6.68. The van der Waals surface area contributed by atoms with Crippen molar-refractivity contribution in [3.8, 4) is 0 Å². The number of morpholine rings is 1. The van der Waals surface area contributed by atoms with E-state index in [1.807, 2.05) is 35.2 Å². The van der Waals surface area contributed by atoms with E-state index in [1.165, 1.54) is 0 Å². The van der Waals surface area contributed by atoms with Crippen LogP contribution < -0.4 is 0 Å². The minimum absolute atomic E-state index is 0.604. The zero-order valence-corrected chi connectivity index (χ0v) is 12.9. The Hall–Kier alpha value is -0.520. The largest absolute Gasteiger partial charge is 0.378 e. The SMILES string of the molecule is OC(/N=C(/c1ccccc1)N1CCOCC1)C(Cl)(Cl)Cl. The molecule has 1 aliphatic rings. The molecule has 20 heavy (non-hydrogen) atoms. The number of rotatable bonds is 2. The molecule has 1 unspecified atom stereocenters. The average Bonchev–Trinajstić information content (AvgIpc) is 2.45. The van der Waals surface area contributed by atoms with E-state index in [0.29, 0.717) is 32.1 Å². The van der Waals surface area contributed by atoms with Crippen LogP contribution >= 0.6 is 34.8 Å². The van der Waals surface area contributed by atoms with Crippen LogP contribution in [0.4, 0.5) is 0 Å². The van der Waals surface area contributed by atoms with Crippen molar-refractivity contribution in [3.05, 3.63) is 35.9 Å². The second kappa shape index (κ2) is 6.96. The molecule has 1 atom stereocenters. The average molecular weight is 338 g/mol. The summed E-state index contributed by atoms with van der Waals surface area (Å²) >= 11 is 17.1. The monoisotopic (exact) mass is 336 g/mol. The van der Waals surface area contributed by atoms with Crippen molar-refractivity contribution in [1.82, 2.24) is 4.90 Å². The molecular formula is C13H15Cl3N2O2. The minimum Gasteiger partial charge on any atom is -0.378 e. The molecule has 0 radical (unpaired) electrons. The van der Waals surface area contributed by atoms with Gasteiger partial charge in [-0.1, -0.05) is 65.1 Å². The molecule has 0 amide bonds. The minimum atomic E-state index is -1.85. The van der Waals surface area contributed by atoms with Gasteiger partial charge in [-0.15, -0.1) is 0 Å². The van der Waals surface area contributed by atoms with Gasteiger partial charge in [-0.05, 0) is 0 Å². The number of alkyl halides is 3. The van der Waals surface area contributed by atoms with Gasteiger partial charge in [0.1, 0.15) is 5.84 Å². The van der Waals surface area contributed by atoms with E-state index in [9.17, 15) is 5.11 Å². The van der Waals surface area contributed by atoms with Gasteiger partial charge in [0, 0.05) is 18.7 Å². The fourth-order valence-electron chi connectivity index (χ4n) is 1.89. The molecule has 1 N–H and O–H groups in total. The maximum absolute atomic E-state index is 9.91. The molecule has 110 valence electrons. The molecule has 1 aromatic carbocycles. The molecule has 0 saturated carbocycles. The number of aliphatic hydroxyl groups excluding tert-OH is 1. The van der Waals surface area contributed by atoms with Crippen molar-refractivity contribution in [2.45, 2.75) is 10.0 Å². The molecular weight excluding hydrogens is 323 g/mol. The summed E-state index contributed by atoms with van der Waals surface area (Å²) in [6.45, 7) is 2.58. The molecule has 1 heterocycles. The first kappa shape index (κ1) is 15.9. The lowest BCUT2D eigenvalue weighted by atomic mass is 10.2. The lowest BCUT2D eigenvalue weighted by Gasteiger charge is -2.31. The van der Waals surface area contributed by atoms with Crippen molar-refractivity contribution < 1.29 is 9.84 Å². The van der Waals surface area contributed by atoms with Crippen molar-refractivity contribution in [1.29, 1.82) is 0 Å². The molecule has 2 rings (SSSR count). The molecule has 7 heteroatoms. The fourth-order valence-corrected chi connectivity index (χ4v) is 2.04. The number of amidine groups is 1. The summed E-state index contributed by atoms with van der Waals surface area (Å²) < 4.78 is 3.47. The summed E-state index contributed by atoms with van der Waals surface area (Å²) in [5, 5.41) is 9.91. The highest BCUT2D eigenvalue weighted by Gasteiger charge is 2.32. The van der Waals surface area contributed by atoms with Crippen LogP contribution in [-0.4, -0.2) is 52.2 Å². The Morgan fingerprint density at radius 1 is 1.20 bits per heavy atom. The third-order valence-corrected chi connectivity index (χ3v) is 3.47. The topological polar surface area (TPSA) is 45.1 Å². The maximum atomic E-state index is 9.91. The highest BCUT2D eigenvalue weighted by atomic mass is 35.6. The number of aliphatic hydroxyl groups is 1. The quantitative estimate of drug-likeness (QED) is 0.512. The Balaban J connectivity index is 2.31.